The molecule has 0 spiro atoms. The van der Waals surface area contributed by atoms with Crippen molar-refractivity contribution in [2.24, 2.45) is 0 Å². The summed E-state index contributed by atoms with van der Waals surface area (Å²) in [7, 11) is 1.29. The Morgan fingerprint density at radius 1 is 1.40 bits per heavy atom. The van der Waals surface area contributed by atoms with E-state index in [4.69, 9.17) is 9.47 Å². The number of aromatic nitrogens is 1. The second kappa shape index (κ2) is 10.9. The second-order valence-electron chi connectivity index (χ2n) is 7.74. The third kappa shape index (κ3) is 6.53. The predicted molar refractivity (Wildman–Crippen MR) is 118 cm³/mol. The van der Waals surface area contributed by atoms with Gasteiger partial charge in [0.2, 0.25) is 5.91 Å². The predicted octanol–water partition coefficient (Wildman–Crippen LogP) is 2.84. The second-order valence-corrected chi connectivity index (χ2v) is 9.84. The lowest BCUT2D eigenvalue weighted by molar-refractivity contribution is -0.145. The highest BCUT2D eigenvalue weighted by atomic mass is 32.2. The molecule has 0 bridgehead atoms. The highest BCUT2D eigenvalue weighted by Crippen LogP contribution is 2.42. The Labute approximate surface area is 185 Å². The largest absolute Gasteiger partial charge is 0.467 e. The summed E-state index contributed by atoms with van der Waals surface area (Å²) in [6.07, 6.45) is 5.10. The third-order valence-electron chi connectivity index (χ3n) is 4.29. The molecule has 1 fully saturated rings. The number of hydrogen-bond donors (Lipinski definition) is 1. The van der Waals surface area contributed by atoms with E-state index in [0.717, 1.165) is 5.56 Å². The standard InChI is InChI=1S/C20H29N3O5S2/c1-20(2,3)28-19(26)23-15(12-30-17(23)13-7-6-9-21-11-13)16(24)22-14(8-10-29-5)18(25)27-4/h6-7,9,11,14-15,17H,8,10,12H2,1-5H3,(H,22,24)/t14?,15-,17?/m0/s1. The zero-order valence-electron chi connectivity index (χ0n) is 17.9. The molecule has 8 nitrogen and oxygen atoms in total. The first-order chi connectivity index (χ1) is 14.2. The smallest absolute Gasteiger partial charge is 0.412 e. The molecule has 1 N–H and O–H groups in total. The molecular weight excluding hydrogens is 426 g/mol. The Hall–Kier alpha value is -1.94. The van der Waals surface area contributed by atoms with E-state index < -0.39 is 41.0 Å². The van der Waals surface area contributed by atoms with Gasteiger partial charge >= 0.3 is 12.1 Å². The highest BCUT2D eigenvalue weighted by Gasteiger charge is 2.45. The fourth-order valence-electron chi connectivity index (χ4n) is 2.92. The molecule has 2 rings (SSSR count). The van der Waals surface area contributed by atoms with Gasteiger partial charge in [0.25, 0.3) is 0 Å². The Kier molecular flexibility index (Phi) is 8.84. The zero-order valence-corrected chi connectivity index (χ0v) is 19.5. The van der Waals surface area contributed by atoms with Gasteiger partial charge in [-0.2, -0.15) is 11.8 Å². The van der Waals surface area contributed by atoms with Crippen molar-refractivity contribution in [3.05, 3.63) is 30.1 Å². The van der Waals surface area contributed by atoms with Crippen LogP contribution in [0.25, 0.3) is 0 Å². The van der Waals surface area contributed by atoms with Crippen LogP contribution in [0.3, 0.4) is 0 Å². The number of methoxy groups -OCH3 is 1. The van der Waals surface area contributed by atoms with Gasteiger partial charge in [-0.05, 0) is 45.3 Å². The van der Waals surface area contributed by atoms with E-state index >= 15 is 0 Å². The molecule has 0 saturated carbocycles. The average Bonchev–Trinajstić information content (AvgIpc) is 3.15. The van der Waals surface area contributed by atoms with Crippen molar-refractivity contribution in [3.63, 3.8) is 0 Å². The SMILES string of the molecule is COC(=O)C(CCSC)NC(=O)[C@@H]1CSC(c2cccnc2)N1C(=O)OC(C)(C)C. The van der Waals surface area contributed by atoms with E-state index in [1.807, 2.05) is 12.3 Å². The van der Waals surface area contributed by atoms with Crippen molar-refractivity contribution < 1.29 is 23.9 Å². The van der Waals surface area contributed by atoms with Gasteiger partial charge in [0.1, 0.15) is 23.1 Å². The molecule has 166 valence electrons. The van der Waals surface area contributed by atoms with Gasteiger partial charge in [-0.15, -0.1) is 11.8 Å². The highest BCUT2D eigenvalue weighted by molar-refractivity contribution is 7.99. The average molecular weight is 456 g/mol. The molecule has 1 aliphatic heterocycles. The van der Waals surface area contributed by atoms with Crippen molar-refractivity contribution in [2.75, 3.05) is 24.9 Å². The maximum Gasteiger partial charge on any atom is 0.412 e. The number of carbonyl (C=O) groups is 3. The van der Waals surface area contributed by atoms with Gasteiger partial charge in [-0.1, -0.05) is 6.07 Å². The van der Waals surface area contributed by atoms with Crippen LogP contribution in [0.5, 0.6) is 0 Å². The fraction of sp³-hybridized carbons (Fsp3) is 0.600. The normalized spacial score (nSPS) is 19.8. The van der Waals surface area contributed by atoms with Gasteiger partial charge < -0.3 is 14.8 Å². The molecule has 1 saturated heterocycles. The van der Waals surface area contributed by atoms with E-state index in [1.54, 1.807) is 51.0 Å². The number of esters is 1. The lowest BCUT2D eigenvalue weighted by atomic mass is 10.1. The van der Waals surface area contributed by atoms with Crippen molar-refractivity contribution in [1.82, 2.24) is 15.2 Å². The molecule has 3 atom stereocenters. The van der Waals surface area contributed by atoms with E-state index in [2.05, 4.69) is 10.3 Å². The monoisotopic (exact) mass is 455 g/mol. The molecule has 1 aromatic rings. The van der Waals surface area contributed by atoms with Gasteiger partial charge in [0.05, 0.1) is 7.11 Å². The first-order valence-corrected chi connectivity index (χ1v) is 12.0. The first kappa shape index (κ1) is 24.3. The van der Waals surface area contributed by atoms with Gasteiger partial charge in [0, 0.05) is 23.7 Å². The molecular formula is C20H29N3O5S2. The van der Waals surface area contributed by atoms with E-state index in [-0.39, 0.29) is 0 Å². The maximum absolute atomic E-state index is 13.1. The molecule has 2 amide bonds. The summed E-state index contributed by atoms with van der Waals surface area (Å²) in [6.45, 7) is 5.33. The maximum atomic E-state index is 13.1. The number of rotatable bonds is 7. The van der Waals surface area contributed by atoms with Crippen LogP contribution in [-0.4, -0.2) is 70.4 Å². The van der Waals surface area contributed by atoms with Crippen LogP contribution >= 0.6 is 23.5 Å². The molecule has 0 aliphatic carbocycles. The van der Waals surface area contributed by atoms with Crippen molar-refractivity contribution in [2.45, 2.75) is 50.3 Å². The van der Waals surface area contributed by atoms with Gasteiger partial charge in [-0.25, -0.2) is 9.59 Å². The Morgan fingerprint density at radius 3 is 2.70 bits per heavy atom. The minimum atomic E-state index is -0.781. The molecule has 10 heteroatoms. The molecule has 1 aromatic heterocycles. The molecule has 1 aliphatic rings. The number of nitrogens with one attached hydrogen (secondary N) is 1. The van der Waals surface area contributed by atoms with E-state index in [1.165, 1.54) is 23.8 Å². The van der Waals surface area contributed by atoms with Crippen LogP contribution in [0.15, 0.2) is 24.5 Å². The molecule has 0 aromatic carbocycles. The topological polar surface area (TPSA) is 97.8 Å². The minimum Gasteiger partial charge on any atom is -0.467 e. The van der Waals surface area contributed by atoms with Crippen molar-refractivity contribution >= 4 is 41.5 Å². The summed E-state index contributed by atoms with van der Waals surface area (Å²) in [6, 6.07) is 2.10. The van der Waals surface area contributed by atoms with Crippen LogP contribution < -0.4 is 5.32 Å². The van der Waals surface area contributed by atoms with Crippen LogP contribution in [0.4, 0.5) is 4.79 Å². The first-order valence-electron chi connectivity index (χ1n) is 9.58. The molecule has 30 heavy (non-hydrogen) atoms. The van der Waals surface area contributed by atoms with Crippen LogP contribution in [0.2, 0.25) is 0 Å². The number of nitrogens with zero attached hydrogens (tertiary/aromatic N) is 2. The zero-order chi connectivity index (χ0) is 22.3. The van der Waals surface area contributed by atoms with E-state index in [0.29, 0.717) is 17.9 Å². The van der Waals surface area contributed by atoms with Crippen LogP contribution in [0, 0.1) is 0 Å². The molecule has 2 unspecified atom stereocenters. The summed E-state index contributed by atoms with van der Waals surface area (Å²) in [5.74, 6) is 0.154. The van der Waals surface area contributed by atoms with Gasteiger partial charge in [-0.3, -0.25) is 14.7 Å². The number of pyridine rings is 1. The van der Waals surface area contributed by atoms with Gasteiger partial charge in [0.15, 0.2) is 0 Å². The number of ether oxygens (including phenoxy) is 2. The van der Waals surface area contributed by atoms with Crippen LogP contribution in [-0.2, 0) is 19.1 Å². The summed E-state index contributed by atoms with van der Waals surface area (Å²) in [4.78, 5) is 43.8. The fourth-order valence-corrected chi connectivity index (χ4v) is 4.79. The lowest BCUT2D eigenvalue weighted by Gasteiger charge is -2.31. The summed E-state index contributed by atoms with van der Waals surface area (Å²) >= 11 is 3.03. The summed E-state index contributed by atoms with van der Waals surface area (Å²) < 4.78 is 10.4. The molecule has 0 radical (unpaired) electrons. The quantitative estimate of drug-likeness (QED) is 0.627. The van der Waals surface area contributed by atoms with Crippen molar-refractivity contribution in [1.29, 1.82) is 0 Å². The Bertz CT molecular complexity index is 742. The number of amides is 2. The minimum absolute atomic E-state index is 0.376. The lowest BCUT2D eigenvalue weighted by Crippen LogP contribution is -2.53. The number of carbonyl (C=O) groups excluding carboxylic acids is 3. The van der Waals surface area contributed by atoms with Crippen molar-refractivity contribution in [3.8, 4) is 0 Å². The Balaban J connectivity index is 2.25. The summed E-state index contributed by atoms with van der Waals surface area (Å²) in [5, 5.41) is 2.35. The number of thioether (sulfide) groups is 2. The molecule has 2 heterocycles. The van der Waals surface area contributed by atoms with Crippen LogP contribution in [0.1, 0.15) is 38.1 Å². The Morgan fingerprint density at radius 2 is 2.13 bits per heavy atom. The summed E-state index contributed by atoms with van der Waals surface area (Å²) in [5.41, 5.74) is 0.0909. The van der Waals surface area contributed by atoms with E-state index in [9.17, 15) is 14.4 Å². The third-order valence-corrected chi connectivity index (χ3v) is 6.26. The number of hydrogen-bond acceptors (Lipinski definition) is 8.